The van der Waals surface area contributed by atoms with Crippen LogP contribution in [0.15, 0.2) is 60.7 Å². The molecule has 0 unspecified atom stereocenters. The van der Waals surface area contributed by atoms with Gasteiger partial charge in [-0.15, -0.1) is 6.42 Å². The summed E-state index contributed by atoms with van der Waals surface area (Å²) >= 11 is 0. The van der Waals surface area contributed by atoms with Crippen molar-refractivity contribution in [2.45, 2.75) is 45.4 Å². The number of benzene rings is 2. The molecule has 2 aromatic carbocycles. The summed E-state index contributed by atoms with van der Waals surface area (Å²) < 4.78 is 0. The third-order valence-corrected chi connectivity index (χ3v) is 6.81. The molecule has 2 heterocycles. The molecule has 1 N–H and O–H groups in total. The molecule has 2 atom stereocenters. The molecule has 2 fully saturated rings. The van der Waals surface area contributed by atoms with Crippen LogP contribution in [0.3, 0.4) is 0 Å². The molecule has 2 aliphatic heterocycles. The van der Waals surface area contributed by atoms with Crippen molar-refractivity contribution < 1.29 is 14.4 Å². The zero-order valence-electron chi connectivity index (χ0n) is 21.5. The second-order valence-corrected chi connectivity index (χ2v) is 9.96. The van der Waals surface area contributed by atoms with E-state index in [-0.39, 0.29) is 43.4 Å². The van der Waals surface area contributed by atoms with Crippen LogP contribution in [0, 0.1) is 18.3 Å². The summed E-state index contributed by atoms with van der Waals surface area (Å²) in [5.41, 5.74) is 2.09. The van der Waals surface area contributed by atoms with Crippen LogP contribution < -0.4 is 5.32 Å². The molecule has 0 aromatic heterocycles. The van der Waals surface area contributed by atoms with E-state index in [1.165, 1.54) is 0 Å². The van der Waals surface area contributed by atoms with Gasteiger partial charge in [0.1, 0.15) is 12.2 Å². The monoisotopic (exact) mass is 501 g/mol. The fourth-order valence-corrected chi connectivity index (χ4v) is 5.08. The number of urea groups is 1. The van der Waals surface area contributed by atoms with Gasteiger partial charge in [0.25, 0.3) is 0 Å². The van der Waals surface area contributed by atoms with Crippen molar-refractivity contribution in [3.63, 3.8) is 0 Å². The summed E-state index contributed by atoms with van der Waals surface area (Å²) in [4.78, 5) is 44.0. The lowest BCUT2D eigenvalue weighted by atomic mass is 9.96. The van der Waals surface area contributed by atoms with Crippen molar-refractivity contribution in [1.29, 1.82) is 0 Å². The Hall–Kier alpha value is -3.83. The molecule has 4 amide bonds. The van der Waals surface area contributed by atoms with Gasteiger partial charge >= 0.3 is 6.03 Å². The molecule has 2 aromatic rings. The maximum absolute atomic E-state index is 13.6. The lowest BCUT2D eigenvalue weighted by Gasteiger charge is -2.55. The molecule has 0 spiro atoms. The summed E-state index contributed by atoms with van der Waals surface area (Å²) in [6, 6.07) is 18.7. The molecule has 0 aliphatic carbocycles. The molecule has 0 saturated carbocycles. The number of hydrazine groups is 1. The number of nitrogens with zero attached hydrogens (tertiary/aromatic N) is 4. The molecular formula is C29H35N5O3. The van der Waals surface area contributed by atoms with Crippen LogP contribution in [0.4, 0.5) is 4.79 Å². The van der Waals surface area contributed by atoms with Crippen LogP contribution in [-0.4, -0.2) is 76.0 Å². The fourth-order valence-electron chi connectivity index (χ4n) is 5.08. The molecule has 0 bridgehead atoms. The number of hydrogen-bond donors (Lipinski definition) is 1. The van der Waals surface area contributed by atoms with E-state index in [0.29, 0.717) is 25.9 Å². The van der Waals surface area contributed by atoms with E-state index in [1.54, 1.807) is 19.8 Å². The molecular weight excluding hydrogens is 466 g/mol. The van der Waals surface area contributed by atoms with Gasteiger partial charge in [-0.25, -0.2) is 9.80 Å². The standard InChI is InChI=1S/C29H35N5O3/c1-4-16-32-21-27(35)33-25(18-22(2)3)28(36)31(17-15-23-11-7-5-8-12-23)20-26(33)34(32)29(37)30-19-24-13-9-6-10-14-24/h1,5-14,22,25-26H,15-21H2,2-3H3,(H,30,37)/t25-,26-/m0/s1. The largest absolute Gasteiger partial charge is 0.337 e. The van der Waals surface area contributed by atoms with Crippen molar-refractivity contribution in [3.05, 3.63) is 71.8 Å². The predicted molar refractivity (Wildman–Crippen MR) is 142 cm³/mol. The van der Waals surface area contributed by atoms with Gasteiger partial charge in [0.05, 0.1) is 19.6 Å². The number of nitrogens with one attached hydrogen (secondary N) is 1. The first-order valence-electron chi connectivity index (χ1n) is 12.8. The van der Waals surface area contributed by atoms with Crippen molar-refractivity contribution >= 4 is 17.8 Å². The summed E-state index contributed by atoms with van der Waals surface area (Å²) in [6.45, 7) is 5.21. The number of fused-ring (bicyclic) bond motifs is 1. The lowest BCUT2D eigenvalue weighted by Crippen LogP contribution is -2.76. The molecule has 2 saturated heterocycles. The summed E-state index contributed by atoms with van der Waals surface area (Å²) in [6.07, 6.45) is 6.19. The first-order valence-corrected chi connectivity index (χ1v) is 12.8. The van der Waals surface area contributed by atoms with E-state index in [4.69, 9.17) is 6.42 Å². The average Bonchev–Trinajstić information content (AvgIpc) is 2.89. The minimum absolute atomic E-state index is 0.0503. The highest BCUT2D eigenvalue weighted by Gasteiger charge is 2.51. The first-order chi connectivity index (χ1) is 17.9. The molecule has 0 radical (unpaired) electrons. The second kappa shape index (κ2) is 11.9. The Labute approximate surface area is 219 Å². The number of carbonyl (C=O) groups is 3. The summed E-state index contributed by atoms with van der Waals surface area (Å²) in [5.74, 6) is 2.52. The topological polar surface area (TPSA) is 76.2 Å². The highest BCUT2D eigenvalue weighted by molar-refractivity contribution is 5.91. The van der Waals surface area contributed by atoms with Gasteiger partial charge in [-0.1, -0.05) is 80.4 Å². The highest BCUT2D eigenvalue weighted by atomic mass is 16.2. The minimum Gasteiger partial charge on any atom is -0.337 e. The number of rotatable bonds is 8. The number of piperazine rings is 1. The SMILES string of the molecule is C#CCN1CC(=O)N2[C@@H](CC(C)C)C(=O)N(CCc3ccccc3)C[C@@H]2N1C(=O)NCc1ccccc1. The molecule has 4 rings (SSSR count). The van der Waals surface area contributed by atoms with E-state index in [2.05, 4.69) is 11.2 Å². The molecule has 2 aliphatic rings. The summed E-state index contributed by atoms with van der Waals surface area (Å²) in [5, 5.41) is 6.15. The van der Waals surface area contributed by atoms with Gasteiger partial charge in [-0.3, -0.25) is 9.59 Å². The van der Waals surface area contributed by atoms with Crippen LogP contribution >= 0.6 is 0 Å². The Kier molecular flexibility index (Phi) is 8.47. The zero-order chi connectivity index (χ0) is 26.4. The van der Waals surface area contributed by atoms with E-state index in [1.807, 2.05) is 74.5 Å². The zero-order valence-corrected chi connectivity index (χ0v) is 21.5. The maximum atomic E-state index is 13.6. The van der Waals surface area contributed by atoms with E-state index in [9.17, 15) is 14.4 Å². The Morgan fingerprint density at radius 2 is 1.70 bits per heavy atom. The van der Waals surface area contributed by atoms with E-state index >= 15 is 0 Å². The normalized spacial score (nSPS) is 20.1. The van der Waals surface area contributed by atoms with Crippen molar-refractivity contribution in [3.8, 4) is 12.3 Å². The Morgan fingerprint density at radius 1 is 1.05 bits per heavy atom. The van der Waals surface area contributed by atoms with E-state index in [0.717, 1.165) is 11.1 Å². The average molecular weight is 502 g/mol. The molecule has 37 heavy (non-hydrogen) atoms. The molecule has 8 nitrogen and oxygen atoms in total. The number of terminal acetylenes is 1. The van der Waals surface area contributed by atoms with E-state index < -0.39 is 12.2 Å². The van der Waals surface area contributed by atoms with Crippen LogP contribution in [0.25, 0.3) is 0 Å². The number of amides is 4. The van der Waals surface area contributed by atoms with Crippen molar-refractivity contribution in [2.24, 2.45) is 5.92 Å². The lowest BCUT2D eigenvalue weighted by molar-refractivity contribution is -0.189. The van der Waals surface area contributed by atoms with Crippen LogP contribution in [0.1, 0.15) is 31.4 Å². The smallest absolute Gasteiger partial charge is 0.334 e. The van der Waals surface area contributed by atoms with Gasteiger partial charge < -0.3 is 15.1 Å². The van der Waals surface area contributed by atoms with Gasteiger partial charge in [0.2, 0.25) is 11.8 Å². The first kappa shape index (κ1) is 26.2. The van der Waals surface area contributed by atoms with Crippen LogP contribution in [0.5, 0.6) is 0 Å². The van der Waals surface area contributed by atoms with Crippen LogP contribution in [-0.2, 0) is 22.6 Å². The minimum atomic E-state index is -0.636. The summed E-state index contributed by atoms with van der Waals surface area (Å²) in [7, 11) is 0. The number of hydrogen-bond acceptors (Lipinski definition) is 4. The Morgan fingerprint density at radius 3 is 2.32 bits per heavy atom. The van der Waals surface area contributed by atoms with Crippen LogP contribution in [0.2, 0.25) is 0 Å². The van der Waals surface area contributed by atoms with Crippen molar-refractivity contribution in [2.75, 3.05) is 26.2 Å². The quantitative estimate of drug-likeness (QED) is 0.565. The van der Waals surface area contributed by atoms with Gasteiger partial charge in [-0.2, -0.15) is 5.01 Å². The molecule has 8 heteroatoms. The predicted octanol–water partition coefficient (Wildman–Crippen LogP) is 2.72. The third-order valence-electron chi connectivity index (χ3n) is 6.81. The second-order valence-electron chi connectivity index (χ2n) is 9.96. The number of carbonyl (C=O) groups excluding carboxylic acids is 3. The Balaban J connectivity index is 1.61. The molecule has 194 valence electrons. The van der Waals surface area contributed by atoms with Crippen molar-refractivity contribution in [1.82, 2.24) is 25.1 Å². The van der Waals surface area contributed by atoms with Gasteiger partial charge in [0, 0.05) is 13.1 Å². The highest BCUT2D eigenvalue weighted by Crippen LogP contribution is 2.29. The maximum Gasteiger partial charge on any atom is 0.334 e. The fraction of sp³-hybridized carbons (Fsp3) is 0.414. The van der Waals surface area contributed by atoms with Gasteiger partial charge in [-0.05, 0) is 29.9 Å². The third kappa shape index (κ3) is 6.12. The Bertz CT molecular complexity index is 1130. The van der Waals surface area contributed by atoms with Gasteiger partial charge in [0.15, 0.2) is 0 Å².